The zero-order valence-corrected chi connectivity index (χ0v) is 15.1. The van der Waals surface area contributed by atoms with Crippen LogP contribution in [-0.4, -0.2) is 5.71 Å². The molecule has 0 bridgehead atoms. The van der Waals surface area contributed by atoms with Crippen molar-refractivity contribution in [1.82, 2.24) is 0 Å². The van der Waals surface area contributed by atoms with E-state index in [1.54, 1.807) is 12.4 Å². The van der Waals surface area contributed by atoms with Gasteiger partial charge in [0.05, 0.1) is 0 Å². The molecule has 23 heavy (non-hydrogen) atoms. The summed E-state index contributed by atoms with van der Waals surface area (Å²) >= 11 is 0. The summed E-state index contributed by atoms with van der Waals surface area (Å²) < 4.78 is 0. The summed E-state index contributed by atoms with van der Waals surface area (Å²) in [6.07, 6.45) is 11.9. The van der Waals surface area contributed by atoms with Gasteiger partial charge in [0.15, 0.2) is 0 Å². The van der Waals surface area contributed by atoms with Crippen LogP contribution >= 0.6 is 0 Å². The zero-order valence-electron chi connectivity index (χ0n) is 15.1. The maximum Gasteiger partial charge on any atom is 0.0475 e. The molecule has 0 amide bonds. The van der Waals surface area contributed by atoms with Crippen LogP contribution in [0.2, 0.25) is 0 Å². The monoisotopic (exact) mass is 315 g/mol. The zero-order chi connectivity index (χ0) is 17.5. The third-order valence-corrected chi connectivity index (χ3v) is 4.88. The van der Waals surface area contributed by atoms with Crippen LogP contribution in [0, 0.1) is 11.3 Å². The summed E-state index contributed by atoms with van der Waals surface area (Å²) in [6.45, 7) is 14.2. The van der Waals surface area contributed by atoms with Crippen LogP contribution in [0.25, 0.3) is 0 Å². The second kappa shape index (κ2) is 8.76. The third-order valence-electron chi connectivity index (χ3n) is 4.88. The van der Waals surface area contributed by atoms with Gasteiger partial charge in [0.2, 0.25) is 0 Å². The van der Waals surface area contributed by atoms with E-state index >= 15 is 0 Å². The van der Waals surface area contributed by atoms with Crippen molar-refractivity contribution in [3.63, 3.8) is 0 Å². The van der Waals surface area contributed by atoms with E-state index in [1.807, 2.05) is 6.08 Å². The van der Waals surface area contributed by atoms with Crippen LogP contribution < -0.4 is 11.5 Å². The minimum atomic E-state index is 0.322. The van der Waals surface area contributed by atoms with E-state index in [4.69, 9.17) is 11.5 Å². The molecule has 0 unspecified atom stereocenters. The number of allylic oxidation sites excluding steroid dienone is 4. The van der Waals surface area contributed by atoms with Gasteiger partial charge >= 0.3 is 0 Å². The molecule has 3 nitrogen and oxygen atoms in total. The SMILES string of the molecule is C=C/N=C(/CCC1([C@H](CCC)C(=C)N)CC1)C(/C=C\N)=C(C)C. The summed E-state index contributed by atoms with van der Waals surface area (Å²) in [5, 5.41) is 0. The molecule has 0 aromatic rings. The van der Waals surface area contributed by atoms with Crippen molar-refractivity contribution in [3.05, 3.63) is 48.5 Å². The number of rotatable bonds is 10. The van der Waals surface area contributed by atoms with Gasteiger partial charge in [-0.05, 0) is 69.2 Å². The summed E-state index contributed by atoms with van der Waals surface area (Å²) in [4.78, 5) is 4.51. The van der Waals surface area contributed by atoms with E-state index in [9.17, 15) is 0 Å². The molecule has 3 heteroatoms. The normalized spacial score (nSPS) is 17.8. The molecule has 0 spiro atoms. The number of aliphatic imine (C=N–C) groups is 1. The molecule has 0 radical (unpaired) electrons. The Balaban J connectivity index is 2.92. The highest BCUT2D eigenvalue weighted by molar-refractivity contribution is 6.03. The van der Waals surface area contributed by atoms with E-state index in [2.05, 4.69) is 38.9 Å². The summed E-state index contributed by atoms with van der Waals surface area (Å²) in [6, 6.07) is 0. The average molecular weight is 316 g/mol. The molecule has 1 aliphatic carbocycles. The van der Waals surface area contributed by atoms with E-state index in [1.165, 1.54) is 18.4 Å². The molecule has 4 N–H and O–H groups in total. The Morgan fingerprint density at radius 1 is 1.35 bits per heavy atom. The fourth-order valence-corrected chi connectivity index (χ4v) is 3.50. The van der Waals surface area contributed by atoms with Crippen molar-refractivity contribution in [3.8, 4) is 0 Å². The van der Waals surface area contributed by atoms with Crippen LogP contribution in [0.1, 0.15) is 59.3 Å². The van der Waals surface area contributed by atoms with Gasteiger partial charge in [-0.2, -0.15) is 0 Å². The van der Waals surface area contributed by atoms with Crippen molar-refractivity contribution in [2.75, 3.05) is 0 Å². The molecule has 128 valence electrons. The Morgan fingerprint density at radius 3 is 2.39 bits per heavy atom. The molecular formula is C20H33N3. The summed E-state index contributed by atoms with van der Waals surface area (Å²) in [5.74, 6) is 0.428. The van der Waals surface area contributed by atoms with Crippen molar-refractivity contribution in [2.24, 2.45) is 27.8 Å². The lowest BCUT2D eigenvalue weighted by atomic mass is 9.79. The number of hydrogen-bond donors (Lipinski definition) is 2. The third kappa shape index (κ3) is 5.12. The smallest absolute Gasteiger partial charge is 0.0475 e. The van der Waals surface area contributed by atoms with Gasteiger partial charge in [-0.3, -0.25) is 4.99 Å². The van der Waals surface area contributed by atoms with Crippen LogP contribution in [-0.2, 0) is 0 Å². The fourth-order valence-electron chi connectivity index (χ4n) is 3.50. The van der Waals surface area contributed by atoms with Crippen molar-refractivity contribution >= 4 is 5.71 Å². The van der Waals surface area contributed by atoms with Gasteiger partial charge in [0.1, 0.15) is 0 Å². The molecule has 1 rings (SSSR count). The Bertz CT molecular complexity index is 515. The van der Waals surface area contributed by atoms with Crippen LogP contribution in [0.3, 0.4) is 0 Å². The van der Waals surface area contributed by atoms with Gasteiger partial charge < -0.3 is 11.5 Å². The van der Waals surface area contributed by atoms with Gasteiger partial charge in [-0.15, -0.1) is 0 Å². The van der Waals surface area contributed by atoms with Gasteiger partial charge in [0.25, 0.3) is 0 Å². The van der Waals surface area contributed by atoms with E-state index < -0.39 is 0 Å². The first-order valence-corrected chi connectivity index (χ1v) is 8.59. The lowest BCUT2D eigenvalue weighted by Crippen LogP contribution is -2.23. The van der Waals surface area contributed by atoms with Crippen molar-refractivity contribution < 1.29 is 0 Å². The molecule has 0 heterocycles. The molecule has 1 aliphatic rings. The van der Waals surface area contributed by atoms with Crippen molar-refractivity contribution in [1.29, 1.82) is 0 Å². The Hall–Kier alpha value is -1.77. The molecular weight excluding hydrogens is 282 g/mol. The molecule has 1 fully saturated rings. The fraction of sp³-hybridized carbons (Fsp3) is 0.550. The highest BCUT2D eigenvalue weighted by atomic mass is 14.7. The Kier molecular flexibility index (Phi) is 7.34. The summed E-state index contributed by atoms with van der Waals surface area (Å²) in [5.41, 5.74) is 16.2. The minimum absolute atomic E-state index is 0.322. The maximum absolute atomic E-state index is 6.09. The Labute approximate surface area is 141 Å². The quantitative estimate of drug-likeness (QED) is 0.448. The van der Waals surface area contributed by atoms with E-state index in [0.717, 1.165) is 42.7 Å². The lowest BCUT2D eigenvalue weighted by molar-refractivity contribution is 0.311. The second-order valence-electron chi connectivity index (χ2n) is 6.81. The van der Waals surface area contributed by atoms with E-state index in [0.29, 0.717) is 11.3 Å². The van der Waals surface area contributed by atoms with Crippen LogP contribution in [0.15, 0.2) is 53.5 Å². The van der Waals surface area contributed by atoms with E-state index in [-0.39, 0.29) is 0 Å². The molecule has 0 aliphatic heterocycles. The maximum atomic E-state index is 6.09. The number of hydrogen-bond acceptors (Lipinski definition) is 3. The van der Waals surface area contributed by atoms with Gasteiger partial charge in [-0.1, -0.05) is 32.1 Å². The molecule has 1 atom stereocenters. The standard InChI is InChI=1S/C20H33N3/c1-6-8-18(16(5)22)20(12-13-20)11-9-19(23-7-2)17(10-14-21)15(3)4/h7,10,14,18H,2,5-6,8-9,11-13,21-22H2,1,3-4H3/b14-10-,23-19-/t18-/m1/s1. The Morgan fingerprint density at radius 2 is 2.00 bits per heavy atom. The lowest BCUT2D eigenvalue weighted by Gasteiger charge is -2.27. The largest absolute Gasteiger partial charge is 0.405 e. The van der Waals surface area contributed by atoms with Gasteiger partial charge in [0, 0.05) is 23.5 Å². The van der Waals surface area contributed by atoms with Crippen LogP contribution in [0.4, 0.5) is 0 Å². The minimum Gasteiger partial charge on any atom is -0.405 e. The van der Waals surface area contributed by atoms with Gasteiger partial charge in [-0.25, -0.2) is 0 Å². The molecule has 1 saturated carbocycles. The topological polar surface area (TPSA) is 64.4 Å². The summed E-state index contributed by atoms with van der Waals surface area (Å²) in [7, 11) is 0. The molecule has 0 aromatic heterocycles. The first-order valence-electron chi connectivity index (χ1n) is 8.59. The highest BCUT2D eigenvalue weighted by Gasteiger charge is 2.48. The first kappa shape index (κ1) is 19.3. The molecule has 0 aromatic carbocycles. The van der Waals surface area contributed by atoms with Crippen LogP contribution in [0.5, 0.6) is 0 Å². The molecule has 0 saturated heterocycles. The highest BCUT2D eigenvalue weighted by Crippen LogP contribution is 2.58. The number of nitrogens with two attached hydrogens (primary N) is 2. The predicted octanol–water partition coefficient (Wildman–Crippen LogP) is 4.83. The van der Waals surface area contributed by atoms with Crippen molar-refractivity contribution in [2.45, 2.75) is 59.3 Å². The average Bonchev–Trinajstić information content (AvgIpc) is 3.27. The number of nitrogens with zero attached hydrogens (tertiary/aromatic N) is 1. The predicted molar refractivity (Wildman–Crippen MR) is 102 cm³/mol. The first-order chi connectivity index (χ1) is 10.9. The second-order valence-corrected chi connectivity index (χ2v) is 6.81.